The number of halogens is 1. The van der Waals surface area contributed by atoms with Crippen LogP contribution in [0.3, 0.4) is 0 Å². The van der Waals surface area contributed by atoms with Crippen molar-refractivity contribution in [3.8, 4) is 10.6 Å². The Morgan fingerprint density at radius 2 is 2.15 bits per heavy atom. The zero-order valence-corrected chi connectivity index (χ0v) is 14.1. The first-order valence-electron chi connectivity index (χ1n) is 7.24. The Bertz CT molecular complexity index is 590. The first-order valence-corrected chi connectivity index (χ1v) is 8.85. The minimum atomic E-state index is 0.749. The number of hydrogen-bond donors (Lipinski definition) is 1. The first-order chi connectivity index (χ1) is 9.78. The molecule has 0 radical (unpaired) electrons. The van der Waals surface area contributed by atoms with Gasteiger partial charge in [0.2, 0.25) is 0 Å². The third kappa shape index (κ3) is 3.30. The van der Waals surface area contributed by atoms with Crippen LogP contribution in [0.4, 0.5) is 0 Å². The Morgan fingerprint density at radius 1 is 1.35 bits per heavy atom. The van der Waals surface area contributed by atoms with E-state index < -0.39 is 0 Å². The van der Waals surface area contributed by atoms with Crippen LogP contribution in [0, 0.1) is 0 Å². The van der Waals surface area contributed by atoms with Gasteiger partial charge in [0.15, 0.2) is 0 Å². The fraction of sp³-hybridized carbons (Fsp3) is 0.438. The van der Waals surface area contributed by atoms with E-state index in [-0.39, 0.29) is 0 Å². The molecule has 0 amide bonds. The SMILES string of the molecule is CCCc1nc(-c2ccccc2Br)sc1CNC1CC1. The lowest BCUT2D eigenvalue weighted by atomic mass is 10.2. The van der Waals surface area contributed by atoms with Gasteiger partial charge in [-0.2, -0.15) is 0 Å². The predicted octanol–water partition coefficient (Wildman–Crippen LogP) is 4.78. The van der Waals surface area contributed by atoms with Gasteiger partial charge in [-0.3, -0.25) is 0 Å². The van der Waals surface area contributed by atoms with Crippen LogP contribution >= 0.6 is 27.3 Å². The van der Waals surface area contributed by atoms with Crippen LogP contribution in [-0.4, -0.2) is 11.0 Å². The molecule has 1 aliphatic rings. The van der Waals surface area contributed by atoms with E-state index in [1.54, 1.807) is 0 Å². The van der Waals surface area contributed by atoms with E-state index in [0.717, 1.165) is 34.9 Å². The summed E-state index contributed by atoms with van der Waals surface area (Å²) in [4.78, 5) is 6.28. The summed E-state index contributed by atoms with van der Waals surface area (Å²) >= 11 is 5.46. The summed E-state index contributed by atoms with van der Waals surface area (Å²) in [6.07, 6.45) is 4.89. The molecule has 3 rings (SSSR count). The molecule has 1 saturated carbocycles. The average molecular weight is 351 g/mol. The molecule has 0 unspecified atom stereocenters. The van der Waals surface area contributed by atoms with Crippen molar-refractivity contribution >= 4 is 27.3 Å². The molecule has 106 valence electrons. The Morgan fingerprint density at radius 3 is 2.85 bits per heavy atom. The summed E-state index contributed by atoms with van der Waals surface area (Å²) < 4.78 is 1.12. The summed E-state index contributed by atoms with van der Waals surface area (Å²) in [5.41, 5.74) is 2.48. The maximum absolute atomic E-state index is 4.88. The number of hydrogen-bond acceptors (Lipinski definition) is 3. The van der Waals surface area contributed by atoms with E-state index >= 15 is 0 Å². The molecule has 0 aliphatic heterocycles. The third-order valence-electron chi connectivity index (χ3n) is 3.50. The number of nitrogens with zero attached hydrogens (tertiary/aromatic N) is 1. The monoisotopic (exact) mass is 350 g/mol. The van der Waals surface area contributed by atoms with Gasteiger partial charge in [-0.15, -0.1) is 11.3 Å². The molecule has 1 heterocycles. The number of thiazole rings is 1. The molecule has 2 nitrogen and oxygen atoms in total. The van der Waals surface area contributed by atoms with Crippen LogP contribution in [0.1, 0.15) is 36.8 Å². The lowest BCUT2D eigenvalue weighted by molar-refractivity contribution is 0.686. The highest BCUT2D eigenvalue weighted by Crippen LogP contribution is 2.34. The van der Waals surface area contributed by atoms with Crippen LogP contribution in [0.25, 0.3) is 10.6 Å². The highest BCUT2D eigenvalue weighted by Gasteiger charge is 2.21. The van der Waals surface area contributed by atoms with Crippen molar-refractivity contribution in [1.29, 1.82) is 0 Å². The summed E-state index contributed by atoms with van der Waals surface area (Å²) in [7, 11) is 0. The Labute approximate surface area is 132 Å². The Kier molecular flexibility index (Phi) is 4.54. The molecule has 4 heteroatoms. The predicted molar refractivity (Wildman–Crippen MR) is 89.1 cm³/mol. The summed E-state index contributed by atoms with van der Waals surface area (Å²) in [6.45, 7) is 3.19. The maximum atomic E-state index is 4.88. The Balaban J connectivity index is 1.87. The minimum absolute atomic E-state index is 0.749. The van der Waals surface area contributed by atoms with Crippen molar-refractivity contribution in [2.24, 2.45) is 0 Å². The highest BCUT2D eigenvalue weighted by molar-refractivity contribution is 9.10. The first kappa shape index (κ1) is 14.2. The van der Waals surface area contributed by atoms with Crippen molar-refractivity contribution in [3.63, 3.8) is 0 Å². The van der Waals surface area contributed by atoms with Crippen molar-refractivity contribution in [2.45, 2.75) is 45.2 Å². The molecule has 0 bridgehead atoms. The zero-order valence-electron chi connectivity index (χ0n) is 11.7. The Hall–Kier alpha value is -0.710. The van der Waals surface area contributed by atoms with Gasteiger partial charge in [0.1, 0.15) is 5.01 Å². The van der Waals surface area contributed by atoms with Crippen molar-refractivity contribution in [1.82, 2.24) is 10.3 Å². The highest BCUT2D eigenvalue weighted by atomic mass is 79.9. The largest absolute Gasteiger partial charge is 0.309 e. The molecule has 0 spiro atoms. The molecule has 0 atom stereocenters. The molecule has 2 aromatic rings. The molecule has 1 aromatic heterocycles. The summed E-state index contributed by atoms with van der Waals surface area (Å²) in [5, 5.41) is 4.74. The van der Waals surface area contributed by atoms with Gasteiger partial charge in [-0.05, 0) is 25.3 Å². The van der Waals surface area contributed by atoms with Crippen LogP contribution in [0.5, 0.6) is 0 Å². The number of aromatic nitrogens is 1. The van der Waals surface area contributed by atoms with E-state index in [0.29, 0.717) is 0 Å². The van der Waals surface area contributed by atoms with E-state index in [4.69, 9.17) is 4.98 Å². The van der Waals surface area contributed by atoms with Crippen molar-refractivity contribution < 1.29 is 0 Å². The van der Waals surface area contributed by atoms with Crippen LogP contribution < -0.4 is 5.32 Å². The molecule has 0 saturated heterocycles. The molecule has 1 N–H and O–H groups in total. The number of aryl methyl sites for hydroxylation is 1. The van der Waals surface area contributed by atoms with Crippen LogP contribution in [0.2, 0.25) is 0 Å². The smallest absolute Gasteiger partial charge is 0.125 e. The van der Waals surface area contributed by atoms with Gasteiger partial charge >= 0.3 is 0 Å². The number of rotatable bonds is 6. The molecule has 1 aromatic carbocycles. The van der Waals surface area contributed by atoms with E-state index in [2.05, 4.69) is 46.4 Å². The van der Waals surface area contributed by atoms with Gasteiger partial charge in [0.05, 0.1) is 5.69 Å². The summed E-state index contributed by atoms with van der Waals surface area (Å²) in [5.74, 6) is 0. The van der Waals surface area contributed by atoms with Gasteiger partial charge in [-0.25, -0.2) is 4.98 Å². The molecule has 20 heavy (non-hydrogen) atoms. The van der Waals surface area contributed by atoms with E-state index in [1.807, 2.05) is 17.4 Å². The second-order valence-corrected chi connectivity index (χ2v) is 7.21. The molecular formula is C16H19BrN2S. The van der Waals surface area contributed by atoms with Crippen molar-refractivity contribution in [3.05, 3.63) is 39.3 Å². The lowest BCUT2D eigenvalue weighted by Crippen LogP contribution is -2.15. The molecule has 1 aliphatic carbocycles. The van der Waals surface area contributed by atoms with Crippen LogP contribution in [0.15, 0.2) is 28.7 Å². The zero-order chi connectivity index (χ0) is 13.9. The van der Waals surface area contributed by atoms with Gasteiger partial charge in [0.25, 0.3) is 0 Å². The van der Waals surface area contributed by atoms with Gasteiger partial charge in [0, 0.05) is 27.5 Å². The van der Waals surface area contributed by atoms with Gasteiger partial charge in [-0.1, -0.05) is 47.5 Å². The maximum Gasteiger partial charge on any atom is 0.125 e. The second-order valence-electron chi connectivity index (χ2n) is 5.27. The molecular weight excluding hydrogens is 332 g/mol. The van der Waals surface area contributed by atoms with Crippen molar-refractivity contribution in [2.75, 3.05) is 0 Å². The number of benzene rings is 1. The normalized spacial score (nSPS) is 14.7. The van der Waals surface area contributed by atoms with E-state index in [1.165, 1.54) is 29.0 Å². The lowest BCUT2D eigenvalue weighted by Gasteiger charge is -2.01. The third-order valence-corrected chi connectivity index (χ3v) is 5.32. The quantitative estimate of drug-likeness (QED) is 0.810. The fourth-order valence-electron chi connectivity index (χ4n) is 2.23. The minimum Gasteiger partial charge on any atom is -0.309 e. The van der Waals surface area contributed by atoms with Gasteiger partial charge < -0.3 is 5.32 Å². The topological polar surface area (TPSA) is 24.9 Å². The number of nitrogens with one attached hydrogen (secondary N) is 1. The standard InChI is InChI=1S/C16H19BrN2S/c1-2-5-14-15(10-18-11-8-9-11)20-16(19-14)12-6-3-4-7-13(12)17/h3-4,6-7,11,18H,2,5,8-10H2,1H3. The summed E-state index contributed by atoms with van der Waals surface area (Å²) in [6, 6.07) is 9.08. The van der Waals surface area contributed by atoms with E-state index in [9.17, 15) is 0 Å². The fourth-order valence-corrected chi connectivity index (χ4v) is 3.93. The second kappa shape index (κ2) is 6.37. The van der Waals surface area contributed by atoms with Crippen LogP contribution in [-0.2, 0) is 13.0 Å². The molecule has 1 fully saturated rings. The average Bonchev–Trinajstić information content (AvgIpc) is 3.19.